The number of fused-ring (bicyclic) bond motifs is 1. The quantitative estimate of drug-likeness (QED) is 0.849. The summed E-state index contributed by atoms with van der Waals surface area (Å²) in [6.45, 7) is -2.35. The molecule has 0 saturated carbocycles. The predicted octanol–water partition coefficient (Wildman–Crippen LogP) is 2.37. The molecule has 1 amide bonds. The van der Waals surface area contributed by atoms with Crippen LogP contribution in [-0.2, 0) is 27.3 Å². The molecule has 1 unspecified atom stereocenters. The van der Waals surface area contributed by atoms with Gasteiger partial charge in [-0.3, -0.25) is 4.79 Å². The molecule has 1 aliphatic heterocycles. The van der Waals surface area contributed by atoms with Gasteiger partial charge in [-0.2, -0.15) is 13.2 Å². The second-order valence-corrected chi connectivity index (χ2v) is 5.92. The third-order valence-corrected chi connectivity index (χ3v) is 4.17. The topological polar surface area (TPSA) is 66.8 Å². The van der Waals surface area contributed by atoms with Crippen molar-refractivity contribution in [2.45, 2.75) is 25.2 Å². The molecule has 0 aromatic heterocycles. The Balaban J connectivity index is 2.13. The van der Waals surface area contributed by atoms with Crippen molar-refractivity contribution in [3.05, 3.63) is 33.8 Å². The molecule has 1 N–H and O–H groups in total. The zero-order valence-electron chi connectivity index (χ0n) is 11.8. The minimum absolute atomic E-state index is 0.0138. The van der Waals surface area contributed by atoms with Gasteiger partial charge in [0.15, 0.2) is 0 Å². The molecule has 0 spiro atoms. The molecule has 5 nitrogen and oxygen atoms in total. The normalized spacial score (nSPS) is 17.7. The second kappa shape index (κ2) is 6.88. The maximum absolute atomic E-state index is 12.1. The van der Waals surface area contributed by atoms with E-state index < -0.39 is 37.3 Å². The van der Waals surface area contributed by atoms with Crippen molar-refractivity contribution in [3.63, 3.8) is 0 Å². The van der Waals surface area contributed by atoms with Gasteiger partial charge in [-0.15, -0.1) is 0 Å². The molecule has 1 heterocycles. The van der Waals surface area contributed by atoms with E-state index in [2.05, 4.69) is 20.7 Å². The zero-order chi connectivity index (χ0) is 17.2. The molecule has 0 fully saturated rings. The Kier molecular flexibility index (Phi) is 5.30. The maximum Gasteiger partial charge on any atom is 0.411 e. The summed E-state index contributed by atoms with van der Waals surface area (Å²) in [5.74, 6) is -2.00. The molecule has 1 atom stereocenters. The standard InChI is InChI=1S/C14H13BrF3NO4/c15-10-3-1-2-8-5-19(11(13(21)22)4-9(8)10)12(20)6-23-7-14(16,17)18/h1-3,11H,4-7H2,(H,21,22). The van der Waals surface area contributed by atoms with Crippen molar-refractivity contribution in [1.29, 1.82) is 0 Å². The highest BCUT2D eigenvalue weighted by Crippen LogP contribution is 2.29. The minimum Gasteiger partial charge on any atom is -0.480 e. The lowest BCUT2D eigenvalue weighted by molar-refractivity contribution is -0.179. The van der Waals surface area contributed by atoms with E-state index in [-0.39, 0.29) is 13.0 Å². The smallest absolute Gasteiger partial charge is 0.411 e. The Morgan fingerprint density at radius 1 is 1.39 bits per heavy atom. The lowest BCUT2D eigenvalue weighted by Crippen LogP contribution is -2.50. The van der Waals surface area contributed by atoms with Gasteiger partial charge in [0.25, 0.3) is 0 Å². The summed E-state index contributed by atoms with van der Waals surface area (Å²) in [6, 6.07) is 4.12. The van der Waals surface area contributed by atoms with Crippen molar-refractivity contribution < 1.29 is 32.6 Å². The molecule has 0 aliphatic carbocycles. The average Bonchev–Trinajstić information content (AvgIpc) is 2.45. The molecule has 126 valence electrons. The third kappa shape index (κ3) is 4.44. The number of rotatable bonds is 4. The van der Waals surface area contributed by atoms with Crippen molar-refractivity contribution in [1.82, 2.24) is 4.90 Å². The summed E-state index contributed by atoms with van der Waals surface area (Å²) in [4.78, 5) is 24.5. The SMILES string of the molecule is O=C(O)C1Cc2c(Br)cccc2CN1C(=O)COCC(F)(F)F. The molecule has 1 aromatic carbocycles. The van der Waals surface area contributed by atoms with E-state index in [0.29, 0.717) is 0 Å². The lowest BCUT2D eigenvalue weighted by atomic mass is 9.94. The summed E-state index contributed by atoms with van der Waals surface area (Å²) in [5, 5.41) is 9.30. The van der Waals surface area contributed by atoms with E-state index in [1.54, 1.807) is 18.2 Å². The molecule has 0 saturated heterocycles. The number of carbonyl (C=O) groups is 2. The van der Waals surface area contributed by atoms with Crippen LogP contribution >= 0.6 is 15.9 Å². The first-order valence-electron chi connectivity index (χ1n) is 6.62. The highest BCUT2D eigenvalue weighted by atomic mass is 79.9. The number of alkyl halides is 3. The Morgan fingerprint density at radius 2 is 2.09 bits per heavy atom. The Hall–Kier alpha value is -1.61. The van der Waals surface area contributed by atoms with Gasteiger partial charge in [-0.05, 0) is 17.2 Å². The average molecular weight is 396 g/mol. The van der Waals surface area contributed by atoms with E-state index >= 15 is 0 Å². The number of aliphatic carboxylic acids is 1. The second-order valence-electron chi connectivity index (χ2n) is 5.07. The predicted molar refractivity (Wildman–Crippen MR) is 76.7 cm³/mol. The minimum atomic E-state index is -4.54. The fourth-order valence-electron chi connectivity index (χ4n) is 2.40. The van der Waals surface area contributed by atoms with Gasteiger partial charge in [-0.1, -0.05) is 28.1 Å². The maximum atomic E-state index is 12.1. The van der Waals surface area contributed by atoms with Gasteiger partial charge in [0, 0.05) is 17.4 Å². The summed E-state index contributed by atoms with van der Waals surface area (Å²) < 4.78 is 41.2. The van der Waals surface area contributed by atoms with Crippen LogP contribution in [-0.4, -0.2) is 47.3 Å². The number of ether oxygens (including phenoxy) is 1. The lowest BCUT2D eigenvalue weighted by Gasteiger charge is -2.34. The molecule has 1 aliphatic rings. The largest absolute Gasteiger partial charge is 0.480 e. The van der Waals surface area contributed by atoms with Gasteiger partial charge in [-0.25, -0.2) is 4.79 Å². The molecular formula is C14H13BrF3NO4. The first-order valence-corrected chi connectivity index (χ1v) is 7.41. The third-order valence-electron chi connectivity index (χ3n) is 3.43. The number of carboxylic acid groups (broad SMARTS) is 1. The summed E-state index contributed by atoms with van der Waals surface area (Å²) >= 11 is 3.33. The van der Waals surface area contributed by atoms with Crippen LogP contribution in [0.5, 0.6) is 0 Å². The van der Waals surface area contributed by atoms with Crippen LogP contribution in [0.1, 0.15) is 11.1 Å². The van der Waals surface area contributed by atoms with Crippen molar-refractivity contribution in [3.8, 4) is 0 Å². The number of amides is 1. The number of nitrogens with zero attached hydrogens (tertiary/aromatic N) is 1. The van der Waals surface area contributed by atoms with E-state index in [4.69, 9.17) is 0 Å². The number of benzene rings is 1. The van der Waals surface area contributed by atoms with E-state index in [1.807, 2.05) is 0 Å². The first kappa shape index (κ1) is 17.7. The van der Waals surface area contributed by atoms with Gasteiger partial charge in [0.05, 0.1) is 0 Å². The van der Waals surface area contributed by atoms with Gasteiger partial charge < -0.3 is 14.7 Å². The van der Waals surface area contributed by atoms with Crippen LogP contribution in [0.15, 0.2) is 22.7 Å². The molecular weight excluding hydrogens is 383 g/mol. The molecule has 9 heteroatoms. The van der Waals surface area contributed by atoms with Gasteiger partial charge in [0.2, 0.25) is 5.91 Å². The number of hydrogen-bond donors (Lipinski definition) is 1. The fraction of sp³-hybridized carbons (Fsp3) is 0.429. The van der Waals surface area contributed by atoms with Crippen LogP contribution in [0.4, 0.5) is 13.2 Å². The Morgan fingerprint density at radius 3 is 2.70 bits per heavy atom. The van der Waals surface area contributed by atoms with Crippen molar-refractivity contribution >= 4 is 27.8 Å². The van der Waals surface area contributed by atoms with E-state index in [0.717, 1.165) is 20.5 Å². The van der Waals surface area contributed by atoms with E-state index in [9.17, 15) is 27.9 Å². The highest BCUT2D eigenvalue weighted by molar-refractivity contribution is 9.10. The zero-order valence-corrected chi connectivity index (χ0v) is 13.4. The van der Waals surface area contributed by atoms with E-state index in [1.165, 1.54) is 0 Å². The Labute approximate surface area is 138 Å². The van der Waals surface area contributed by atoms with Gasteiger partial charge in [0.1, 0.15) is 19.3 Å². The van der Waals surface area contributed by atoms with Crippen LogP contribution in [0, 0.1) is 0 Å². The molecule has 0 bridgehead atoms. The van der Waals surface area contributed by atoms with Crippen LogP contribution in [0.2, 0.25) is 0 Å². The number of carbonyl (C=O) groups excluding carboxylic acids is 1. The summed E-state index contributed by atoms with van der Waals surface area (Å²) in [5.41, 5.74) is 1.53. The van der Waals surface area contributed by atoms with Gasteiger partial charge >= 0.3 is 12.1 Å². The highest BCUT2D eigenvalue weighted by Gasteiger charge is 2.36. The van der Waals surface area contributed by atoms with Crippen LogP contribution in [0.25, 0.3) is 0 Å². The summed E-state index contributed by atoms with van der Waals surface area (Å²) in [7, 11) is 0. The number of halogens is 4. The van der Waals surface area contributed by atoms with Crippen molar-refractivity contribution in [2.24, 2.45) is 0 Å². The summed E-state index contributed by atoms with van der Waals surface area (Å²) in [6.07, 6.45) is -4.46. The number of hydrogen-bond acceptors (Lipinski definition) is 3. The molecule has 1 aromatic rings. The van der Waals surface area contributed by atoms with Crippen LogP contribution in [0.3, 0.4) is 0 Å². The first-order chi connectivity index (χ1) is 10.7. The fourth-order valence-corrected chi connectivity index (χ4v) is 2.97. The number of carboxylic acids is 1. The molecule has 2 rings (SSSR count). The molecule has 0 radical (unpaired) electrons. The van der Waals surface area contributed by atoms with Crippen LogP contribution < -0.4 is 0 Å². The monoisotopic (exact) mass is 395 g/mol. The molecule has 23 heavy (non-hydrogen) atoms. The Bertz CT molecular complexity index is 621. The van der Waals surface area contributed by atoms with Crippen molar-refractivity contribution in [2.75, 3.05) is 13.2 Å².